The number of aryl methyl sites for hydroxylation is 1. The molecule has 0 radical (unpaired) electrons. The van der Waals surface area contributed by atoms with Gasteiger partial charge in [0.2, 0.25) is 0 Å². The molecule has 0 fully saturated rings. The van der Waals surface area contributed by atoms with E-state index in [9.17, 15) is 4.79 Å². The van der Waals surface area contributed by atoms with Crippen molar-refractivity contribution in [3.8, 4) is 0 Å². The fraction of sp³-hybridized carbons (Fsp3) is 0.167. The lowest BCUT2D eigenvalue weighted by Gasteiger charge is -2.40. The highest BCUT2D eigenvalue weighted by atomic mass is 16.2. The van der Waals surface area contributed by atoms with Crippen LogP contribution in [0.5, 0.6) is 0 Å². The van der Waals surface area contributed by atoms with Crippen LogP contribution in [0.25, 0.3) is 0 Å². The maximum atomic E-state index is 13.7. The van der Waals surface area contributed by atoms with Crippen LogP contribution in [0.3, 0.4) is 0 Å². The maximum Gasteiger partial charge on any atom is 0.256 e. The molecule has 0 bridgehead atoms. The summed E-state index contributed by atoms with van der Waals surface area (Å²) in [5, 5.41) is 0. The van der Waals surface area contributed by atoms with E-state index in [1.54, 1.807) is 0 Å². The molecular weight excluding hydrogens is 404 g/mol. The maximum absolute atomic E-state index is 13.7. The first kappa shape index (κ1) is 21.0. The van der Waals surface area contributed by atoms with Crippen LogP contribution in [0.2, 0.25) is 0 Å². The van der Waals surface area contributed by atoms with Crippen LogP contribution in [0.4, 0.5) is 11.4 Å². The van der Waals surface area contributed by atoms with Gasteiger partial charge in [0.25, 0.3) is 5.91 Å². The fourth-order valence-corrected chi connectivity index (χ4v) is 4.79. The van der Waals surface area contributed by atoms with Gasteiger partial charge in [0, 0.05) is 28.5 Å². The Balaban J connectivity index is 1.57. The highest BCUT2D eigenvalue weighted by Gasteiger charge is 2.42. The lowest BCUT2D eigenvalue weighted by atomic mass is 10.0. The molecule has 1 heterocycles. The molecule has 1 aliphatic heterocycles. The average molecular weight is 433 g/mol. The molecule has 5 rings (SSSR count). The lowest BCUT2D eigenvalue weighted by Crippen LogP contribution is -2.43. The smallest absolute Gasteiger partial charge is 0.256 e. The molecule has 0 aliphatic carbocycles. The fourth-order valence-electron chi connectivity index (χ4n) is 4.79. The molecule has 3 heteroatoms. The van der Waals surface area contributed by atoms with E-state index in [1.165, 1.54) is 5.56 Å². The van der Waals surface area contributed by atoms with Crippen molar-refractivity contribution in [1.29, 1.82) is 0 Å². The molecule has 0 aromatic heterocycles. The van der Waals surface area contributed by atoms with Gasteiger partial charge in [-0.15, -0.1) is 0 Å². The van der Waals surface area contributed by atoms with Gasteiger partial charge in [0.05, 0.1) is 0 Å². The number of carbonyl (C=O) groups is 1. The van der Waals surface area contributed by atoms with Crippen molar-refractivity contribution in [2.45, 2.75) is 32.0 Å². The van der Waals surface area contributed by atoms with Crippen molar-refractivity contribution in [2.75, 3.05) is 4.90 Å². The highest BCUT2D eigenvalue weighted by Crippen LogP contribution is 2.44. The van der Waals surface area contributed by atoms with Crippen molar-refractivity contribution in [3.63, 3.8) is 0 Å². The third-order valence-corrected chi connectivity index (χ3v) is 6.45. The Morgan fingerprint density at radius 1 is 0.727 bits per heavy atom. The van der Waals surface area contributed by atoms with E-state index in [-0.39, 0.29) is 18.1 Å². The SMILES string of the molecule is C[C@@H](CCc1ccccc1)N1C(=O)c2ccccc2[C@H]1N(c1ccccc1)c1ccccc1. The van der Waals surface area contributed by atoms with Crippen LogP contribution in [0, 0.1) is 0 Å². The van der Waals surface area contributed by atoms with Gasteiger partial charge in [0.1, 0.15) is 6.17 Å². The Morgan fingerprint density at radius 3 is 1.85 bits per heavy atom. The number of carbonyl (C=O) groups excluding carboxylic acids is 1. The number of hydrogen-bond donors (Lipinski definition) is 0. The highest BCUT2D eigenvalue weighted by molar-refractivity contribution is 6.00. The molecule has 2 atom stereocenters. The van der Waals surface area contributed by atoms with Crippen LogP contribution in [0.1, 0.15) is 41.0 Å². The van der Waals surface area contributed by atoms with Gasteiger partial charge >= 0.3 is 0 Å². The van der Waals surface area contributed by atoms with Crippen LogP contribution < -0.4 is 4.90 Å². The molecule has 0 saturated carbocycles. The monoisotopic (exact) mass is 432 g/mol. The van der Waals surface area contributed by atoms with Gasteiger partial charge in [0.15, 0.2) is 0 Å². The number of amides is 1. The van der Waals surface area contributed by atoms with Gasteiger partial charge in [-0.05, 0) is 55.7 Å². The minimum Gasteiger partial charge on any atom is -0.316 e. The van der Waals surface area contributed by atoms with Crippen molar-refractivity contribution in [1.82, 2.24) is 4.90 Å². The molecule has 1 aliphatic rings. The van der Waals surface area contributed by atoms with E-state index < -0.39 is 0 Å². The third-order valence-electron chi connectivity index (χ3n) is 6.45. The first-order chi connectivity index (χ1) is 16.2. The largest absolute Gasteiger partial charge is 0.316 e. The molecule has 164 valence electrons. The second-order valence-corrected chi connectivity index (χ2v) is 8.59. The quantitative estimate of drug-likeness (QED) is 0.314. The van der Waals surface area contributed by atoms with Crippen molar-refractivity contribution >= 4 is 17.3 Å². The zero-order valence-electron chi connectivity index (χ0n) is 18.8. The summed E-state index contributed by atoms with van der Waals surface area (Å²) >= 11 is 0. The number of nitrogens with zero attached hydrogens (tertiary/aromatic N) is 2. The summed E-state index contributed by atoms with van der Waals surface area (Å²) < 4.78 is 0. The van der Waals surface area contributed by atoms with E-state index in [0.717, 1.165) is 35.3 Å². The molecule has 3 nitrogen and oxygen atoms in total. The number of rotatable bonds is 7. The number of para-hydroxylation sites is 2. The van der Waals surface area contributed by atoms with Crippen LogP contribution in [0.15, 0.2) is 115 Å². The molecule has 4 aromatic rings. The Hall–Kier alpha value is -3.85. The Kier molecular flexibility index (Phi) is 5.95. The zero-order chi connectivity index (χ0) is 22.6. The Morgan fingerprint density at radius 2 is 1.24 bits per heavy atom. The number of anilines is 2. The summed E-state index contributed by atoms with van der Waals surface area (Å²) in [4.78, 5) is 18.1. The van der Waals surface area contributed by atoms with Gasteiger partial charge in [-0.25, -0.2) is 0 Å². The number of fused-ring (bicyclic) bond motifs is 1. The Bertz CT molecular complexity index is 1170. The van der Waals surface area contributed by atoms with E-state index in [0.29, 0.717) is 0 Å². The standard InChI is InChI=1S/C30H28N2O/c1-23(21-22-24-13-5-2-6-14-24)31-29(27-19-11-12-20-28(27)30(31)33)32(25-15-7-3-8-16-25)26-17-9-4-10-18-26/h2-20,23,29H,21-22H2,1H3/t23-,29+/m0/s1. The predicted octanol–water partition coefficient (Wildman–Crippen LogP) is 7.00. The molecule has 0 N–H and O–H groups in total. The number of benzene rings is 4. The first-order valence-electron chi connectivity index (χ1n) is 11.6. The summed E-state index contributed by atoms with van der Waals surface area (Å²) in [6.07, 6.45) is 1.63. The normalized spacial score (nSPS) is 15.8. The summed E-state index contributed by atoms with van der Waals surface area (Å²) in [5.74, 6) is 0.105. The second-order valence-electron chi connectivity index (χ2n) is 8.59. The number of hydrogen-bond acceptors (Lipinski definition) is 2. The molecule has 0 saturated heterocycles. The zero-order valence-corrected chi connectivity index (χ0v) is 18.8. The van der Waals surface area contributed by atoms with Gasteiger partial charge in [-0.3, -0.25) is 4.79 Å². The van der Waals surface area contributed by atoms with Crippen molar-refractivity contribution in [2.24, 2.45) is 0 Å². The first-order valence-corrected chi connectivity index (χ1v) is 11.6. The summed E-state index contributed by atoms with van der Waals surface area (Å²) in [6, 6.07) is 39.4. The second kappa shape index (κ2) is 9.33. The van der Waals surface area contributed by atoms with Crippen LogP contribution in [-0.2, 0) is 6.42 Å². The lowest BCUT2D eigenvalue weighted by molar-refractivity contribution is 0.0640. The summed E-state index contributed by atoms with van der Waals surface area (Å²) in [6.45, 7) is 2.17. The minimum atomic E-state index is -0.204. The molecule has 0 unspecified atom stereocenters. The molecule has 1 amide bonds. The van der Waals surface area contributed by atoms with Gasteiger partial charge < -0.3 is 9.80 Å². The van der Waals surface area contributed by atoms with E-state index in [2.05, 4.69) is 95.6 Å². The van der Waals surface area contributed by atoms with Crippen LogP contribution in [-0.4, -0.2) is 16.8 Å². The van der Waals surface area contributed by atoms with Crippen LogP contribution >= 0.6 is 0 Å². The van der Waals surface area contributed by atoms with Gasteiger partial charge in [-0.1, -0.05) is 84.9 Å². The third kappa shape index (κ3) is 4.14. The molecule has 0 spiro atoms. The minimum absolute atomic E-state index is 0.0741. The summed E-state index contributed by atoms with van der Waals surface area (Å²) in [7, 11) is 0. The topological polar surface area (TPSA) is 23.6 Å². The van der Waals surface area contributed by atoms with E-state index >= 15 is 0 Å². The Labute approximate surface area is 195 Å². The molecular formula is C30H28N2O. The van der Waals surface area contributed by atoms with E-state index in [4.69, 9.17) is 0 Å². The molecule has 4 aromatic carbocycles. The molecule has 33 heavy (non-hydrogen) atoms. The van der Waals surface area contributed by atoms with Gasteiger partial charge in [-0.2, -0.15) is 0 Å². The van der Waals surface area contributed by atoms with Crippen molar-refractivity contribution < 1.29 is 4.79 Å². The van der Waals surface area contributed by atoms with Crippen molar-refractivity contribution in [3.05, 3.63) is 132 Å². The van der Waals surface area contributed by atoms with E-state index in [1.807, 2.05) is 36.4 Å². The average Bonchev–Trinajstić information content (AvgIpc) is 3.17. The summed E-state index contributed by atoms with van der Waals surface area (Å²) in [5.41, 5.74) is 5.29. The predicted molar refractivity (Wildman–Crippen MR) is 135 cm³/mol.